The highest BCUT2D eigenvalue weighted by Crippen LogP contribution is 2.31. The Kier molecular flexibility index (Phi) is 3.54. The molecule has 104 valence electrons. The lowest BCUT2D eigenvalue weighted by atomic mass is 9.96. The number of hydrogen-bond acceptors (Lipinski definition) is 4. The van der Waals surface area contributed by atoms with Crippen molar-refractivity contribution >= 4 is 5.82 Å². The third-order valence-corrected chi connectivity index (χ3v) is 3.64. The van der Waals surface area contributed by atoms with Crippen molar-refractivity contribution in [1.82, 2.24) is 9.97 Å². The summed E-state index contributed by atoms with van der Waals surface area (Å²) in [5, 5.41) is 0. The fraction of sp³-hybridized carbons (Fsp3) is 0.375. The standard InChI is InChI=1S/C16H19N3O/c1-2-20-14-10-6-4-8-12(14)16-18-13-9-5-3-7-11(13)15(17)19-16/h4,6,8,10H,2-3,5,7,9H2,1H3,(H2,17,18,19). The van der Waals surface area contributed by atoms with Gasteiger partial charge in [0.15, 0.2) is 5.82 Å². The fourth-order valence-corrected chi connectivity index (χ4v) is 2.68. The second kappa shape index (κ2) is 5.49. The van der Waals surface area contributed by atoms with E-state index < -0.39 is 0 Å². The maximum Gasteiger partial charge on any atom is 0.165 e. The van der Waals surface area contributed by atoms with Crippen LogP contribution in [0.15, 0.2) is 24.3 Å². The second-order valence-electron chi connectivity index (χ2n) is 4.99. The van der Waals surface area contributed by atoms with Crippen molar-refractivity contribution in [2.75, 3.05) is 12.3 Å². The van der Waals surface area contributed by atoms with Crippen molar-refractivity contribution in [3.63, 3.8) is 0 Å². The van der Waals surface area contributed by atoms with Gasteiger partial charge in [-0.2, -0.15) is 0 Å². The molecule has 1 heterocycles. The van der Waals surface area contributed by atoms with E-state index in [4.69, 9.17) is 15.5 Å². The van der Waals surface area contributed by atoms with Gasteiger partial charge in [0.25, 0.3) is 0 Å². The Morgan fingerprint density at radius 2 is 1.95 bits per heavy atom. The molecule has 0 saturated carbocycles. The Balaban J connectivity index is 2.09. The molecule has 0 spiro atoms. The summed E-state index contributed by atoms with van der Waals surface area (Å²) >= 11 is 0. The van der Waals surface area contributed by atoms with E-state index in [1.54, 1.807) is 0 Å². The second-order valence-corrected chi connectivity index (χ2v) is 4.99. The summed E-state index contributed by atoms with van der Waals surface area (Å²) in [7, 11) is 0. The molecule has 2 N–H and O–H groups in total. The van der Waals surface area contributed by atoms with Gasteiger partial charge in [0.05, 0.1) is 12.2 Å². The lowest BCUT2D eigenvalue weighted by Crippen LogP contribution is -2.12. The molecule has 0 radical (unpaired) electrons. The number of rotatable bonds is 3. The predicted molar refractivity (Wildman–Crippen MR) is 79.7 cm³/mol. The lowest BCUT2D eigenvalue weighted by molar-refractivity contribution is 0.341. The van der Waals surface area contributed by atoms with Crippen molar-refractivity contribution < 1.29 is 4.74 Å². The van der Waals surface area contributed by atoms with Gasteiger partial charge in [0.2, 0.25) is 0 Å². The first-order valence-electron chi connectivity index (χ1n) is 7.17. The summed E-state index contributed by atoms with van der Waals surface area (Å²) in [4.78, 5) is 9.20. The van der Waals surface area contributed by atoms with Crippen LogP contribution in [0.4, 0.5) is 5.82 Å². The van der Waals surface area contributed by atoms with Crippen LogP contribution in [0.3, 0.4) is 0 Å². The van der Waals surface area contributed by atoms with E-state index in [0.717, 1.165) is 35.4 Å². The first kappa shape index (κ1) is 12.9. The largest absolute Gasteiger partial charge is 0.493 e. The molecule has 0 bridgehead atoms. The van der Waals surface area contributed by atoms with E-state index >= 15 is 0 Å². The van der Waals surface area contributed by atoms with Crippen molar-refractivity contribution in [2.24, 2.45) is 0 Å². The van der Waals surface area contributed by atoms with Crippen LogP contribution in [0.1, 0.15) is 31.0 Å². The fourth-order valence-electron chi connectivity index (χ4n) is 2.68. The number of aryl methyl sites for hydroxylation is 1. The number of benzene rings is 1. The van der Waals surface area contributed by atoms with E-state index in [-0.39, 0.29) is 0 Å². The van der Waals surface area contributed by atoms with Crippen LogP contribution in [0.2, 0.25) is 0 Å². The summed E-state index contributed by atoms with van der Waals surface area (Å²) < 4.78 is 5.65. The van der Waals surface area contributed by atoms with Gasteiger partial charge in [-0.1, -0.05) is 12.1 Å². The summed E-state index contributed by atoms with van der Waals surface area (Å²) in [5.41, 5.74) is 9.26. The lowest BCUT2D eigenvalue weighted by Gasteiger charge is -2.18. The van der Waals surface area contributed by atoms with E-state index in [1.807, 2.05) is 31.2 Å². The minimum atomic E-state index is 0.621. The van der Waals surface area contributed by atoms with Crippen LogP contribution in [-0.2, 0) is 12.8 Å². The van der Waals surface area contributed by atoms with Crippen LogP contribution < -0.4 is 10.5 Å². The van der Waals surface area contributed by atoms with Crippen molar-refractivity contribution in [3.8, 4) is 17.1 Å². The molecule has 0 fully saturated rings. The quantitative estimate of drug-likeness (QED) is 0.930. The smallest absolute Gasteiger partial charge is 0.165 e. The first-order chi connectivity index (χ1) is 9.79. The zero-order chi connectivity index (χ0) is 13.9. The SMILES string of the molecule is CCOc1ccccc1-c1nc(N)c2c(n1)CCCC2. The van der Waals surface area contributed by atoms with Crippen LogP contribution in [-0.4, -0.2) is 16.6 Å². The molecule has 0 aliphatic heterocycles. The Bertz CT molecular complexity index is 625. The minimum Gasteiger partial charge on any atom is -0.493 e. The number of ether oxygens (including phenoxy) is 1. The third kappa shape index (κ3) is 2.33. The van der Waals surface area contributed by atoms with Gasteiger partial charge in [-0.25, -0.2) is 9.97 Å². The van der Waals surface area contributed by atoms with Crippen LogP contribution in [0, 0.1) is 0 Å². The van der Waals surface area contributed by atoms with Gasteiger partial charge < -0.3 is 10.5 Å². The zero-order valence-corrected chi connectivity index (χ0v) is 11.7. The molecule has 4 nitrogen and oxygen atoms in total. The van der Waals surface area contributed by atoms with Crippen molar-refractivity contribution in [2.45, 2.75) is 32.6 Å². The molecule has 1 aromatic carbocycles. The summed E-state index contributed by atoms with van der Waals surface area (Å²) in [5.74, 6) is 2.10. The molecular weight excluding hydrogens is 250 g/mol. The van der Waals surface area contributed by atoms with Gasteiger partial charge in [-0.05, 0) is 44.7 Å². The highest BCUT2D eigenvalue weighted by molar-refractivity contribution is 5.66. The number of anilines is 1. The Hall–Kier alpha value is -2.10. The summed E-state index contributed by atoms with van der Waals surface area (Å²) in [6.07, 6.45) is 4.34. The highest BCUT2D eigenvalue weighted by atomic mass is 16.5. The number of fused-ring (bicyclic) bond motifs is 1. The Morgan fingerprint density at radius 1 is 1.15 bits per heavy atom. The van der Waals surface area contributed by atoms with Crippen LogP contribution in [0.5, 0.6) is 5.75 Å². The molecule has 4 heteroatoms. The van der Waals surface area contributed by atoms with E-state index in [0.29, 0.717) is 18.2 Å². The Morgan fingerprint density at radius 3 is 2.80 bits per heavy atom. The topological polar surface area (TPSA) is 61.0 Å². The molecule has 1 aliphatic rings. The minimum absolute atomic E-state index is 0.621. The molecule has 1 aromatic heterocycles. The average Bonchev–Trinajstić information content (AvgIpc) is 2.48. The first-order valence-corrected chi connectivity index (χ1v) is 7.17. The van der Waals surface area contributed by atoms with Gasteiger partial charge in [-0.3, -0.25) is 0 Å². The maximum atomic E-state index is 6.11. The number of aromatic nitrogens is 2. The number of nitrogens with two attached hydrogens (primary N) is 1. The molecule has 0 atom stereocenters. The number of hydrogen-bond donors (Lipinski definition) is 1. The predicted octanol–water partition coefficient (Wildman–Crippen LogP) is 3.00. The third-order valence-electron chi connectivity index (χ3n) is 3.64. The van der Waals surface area contributed by atoms with Crippen molar-refractivity contribution in [1.29, 1.82) is 0 Å². The van der Waals surface area contributed by atoms with Crippen molar-refractivity contribution in [3.05, 3.63) is 35.5 Å². The maximum absolute atomic E-state index is 6.11. The molecule has 3 rings (SSSR count). The molecular formula is C16H19N3O. The van der Waals surface area contributed by atoms with Gasteiger partial charge >= 0.3 is 0 Å². The molecule has 0 unspecified atom stereocenters. The van der Waals surface area contributed by atoms with Gasteiger partial charge in [0, 0.05) is 11.3 Å². The monoisotopic (exact) mass is 269 g/mol. The van der Waals surface area contributed by atoms with E-state index in [1.165, 1.54) is 12.8 Å². The van der Waals surface area contributed by atoms with Gasteiger partial charge in [0.1, 0.15) is 11.6 Å². The summed E-state index contributed by atoms with van der Waals surface area (Å²) in [6, 6.07) is 7.85. The number of para-hydroxylation sites is 1. The molecule has 1 aliphatic carbocycles. The normalized spacial score (nSPS) is 13.8. The highest BCUT2D eigenvalue weighted by Gasteiger charge is 2.18. The van der Waals surface area contributed by atoms with Crippen LogP contribution in [0.25, 0.3) is 11.4 Å². The van der Waals surface area contributed by atoms with E-state index in [9.17, 15) is 0 Å². The molecule has 20 heavy (non-hydrogen) atoms. The number of nitrogen functional groups attached to an aromatic ring is 1. The molecule has 0 amide bonds. The van der Waals surface area contributed by atoms with Gasteiger partial charge in [-0.15, -0.1) is 0 Å². The molecule has 0 saturated heterocycles. The summed E-state index contributed by atoms with van der Waals surface area (Å²) in [6.45, 7) is 2.59. The Labute approximate surface area is 119 Å². The molecule has 2 aromatic rings. The average molecular weight is 269 g/mol. The van der Waals surface area contributed by atoms with Crippen LogP contribution >= 0.6 is 0 Å². The number of nitrogens with zero attached hydrogens (tertiary/aromatic N) is 2. The van der Waals surface area contributed by atoms with E-state index in [2.05, 4.69) is 4.98 Å². The zero-order valence-electron chi connectivity index (χ0n) is 11.7.